The van der Waals surface area contributed by atoms with E-state index in [4.69, 9.17) is 9.47 Å². The van der Waals surface area contributed by atoms with Crippen molar-refractivity contribution in [1.82, 2.24) is 0 Å². The summed E-state index contributed by atoms with van der Waals surface area (Å²) in [6.07, 6.45) is 18.1. The first kappa shape index (κ1) is 27.4. The van der Waals surface area contributed by atoms with Crippen LogP contribution < -0.4 is 9.47 Å². The predicted octanol–water partition coefficient (Wildman–Crippen LogP) is 7.72. The van der Waals surface area contributed by atoms with Crippen molar-refractivity contribution < 1.29 is 19.7 Å². The van der Waals surface area contributed by atoms with Crippen LogP contribution >= 0.6 is 0 Å². The molecule has 0 aliphatic rings. The molecule has 32 heavy (non-hydrogen) atoms. The van der Waals surface area contributed by atoms with Crippen LogP contribution in [0.2, 0.25) is 0 Å². The van der Waals surface area contributed by atoms with Gasteiger partial charge in [0.1, 0.15) is 0 Å². The summed E-state index contributed by atoms with van der Waals surface area (Å²) < 4.78 is 10.4. The lowest BCUT2D eigenvalue weighted by molar-refractivity contribution is 0.314. The molecule has 0 saturated carbocycles. The Hall–Kier alpha value is -2.62. The molecule has 4 nitrogen and oxygen atoms in total. The van der Waals surface area contributed by atoms with Crippen LogP contribution in [-0.2, 0) is 6.42 Å². The van der Waals surface area contributed by atoms with E-state index in [0.29, 0.717) is 17.5 Å². The molecule has 0 unspecified atom stereocenters. The molecule has 0 bridgehead atoms. The third-order valence-electron chi connectivity index (χ3n) is 5.80. The first-order chi connectivity index (χ1) is 15.3. The maximum atomic E-state index is 10.6. The number of allylic oxidation sites excluding steroid dienone is 8. The molecule has 0 atom stereocenters. The van der Waals surface area contributed by atoms with Crippen LogP contribution in [0.25, 0.3) is 0 Å². The van der Waals surface area contributed by atoms with Crippen molar-refractivity contribution in [2.75, 3.05) is 14.2 Å². The fourth-order valence-corrected chi connectivity index (χ4v) is 3.62. The van der Waals surface area contributed by atoms with Crippen molar-refractivity contribution in [2.24, 2.45) is 0 Å². The summed E-state index contributed by atoms with van der Waals surface area (Å²) in [5.74, 6) is 0.359. The van der Waals surface area contributed by atoms with Crippen molar-refractivity contribution >= 4 is 0 Å². The molecule has 0 aliphatic carbocycles. The Morgan fingerprint density at radius 2 is 1.22 bits per heavy atom. The molecule has 0 aromatic heterocycles. The molecule has 0 fully saturated rings. The normalized spacial score (nSPS) is 13.2. The first-order valence-electron chi connectivity index (χ1n) is 11.5. The number of rotatable bonds is 13. The van der Waals surface area contributed by atoms with Gasteiger partial charge in [-0.2, -0.15) is 0 Å². The Morgan fingerprint density at radius 3 is 1.72 bits per heavy atom. The second-order valence-corrected chi connectivity index (χ2v) is 8.41. The van der Waals surface area contributed by atoms with Gasteiger partial charge in [-0.1, -0.05) is 47.1 Å². The number of hydrogen-bond donors (Lipinski definition) is 2. The van der Waals surface area contributed by atoms with Gasteiger partial charge >= 0.3 is 0 Å². The Balaban J connectivity index is 2.64. The van der Waals surface area contributed by atoms with Crippen LogP contribution in [-0.4, -0.2) is 24.4 Å². The predicted molar refractivity (Wildman–Crippen MR) is 135 cm³/mol. The number of aromatic hydroxyl groups is 2. The zero-order chi connectivity index (χ0) is 24.1. The van der Waals surface area contributed by atoms with Crippen LogP contribution in [0.3, 0.4) is 0 Å². The SMILES string of the molecule is C/C=C\CC/C(C)=C\CC/C(C)=C/CC/C(C)=C/Cc1c(C)c(O)c(OC)c(OC)c1O. The van der Waals surface area contributed by atoms with Gasteiger partial charge in [-0.05, 0) is 79.6 Å². The van der Waals surface area contributed by atoms with Crippen molar-refractivity contribution in [3.63, 3.8) is 0 Å². The standard InChI is InChI=1S/C28H42O4/c1-8-9-10-13-20(2)14-11-15-21(3)16-12-17-22(4)18-19-24-23(5)25(29)27(31-6)28(32-7)26(24)30/h8-9,14,16,18,29-30H,10-13,15,17,19H2,1-7H3/b9-8-,20-14-,21-16+,22-18+. The molecule has 0 radical (unpaired) electrons. The molecule has 178 valence electrons. The molecular formula is C28H42O4. The molecule has 1 rings (SSSR count). The van der Waals surface area contributed by atoms with E-state index in [0.717, 1.165) is 38.5 Å². The summed E-state index contributed by atoms with van der Waals surface area (Å²) in [4.78, 5) is 0. The summed E-state index contributed by atoms with van der Waals surface area (Å²) in [6, 6.07) is 0. The van der Waals surface area contributed by atoms with Crippen LogP contribution in [0.4, 0.5) is 0 Å². The second-order valence-electron chi connectivity index (χ2n) is 8.41. The smallest absolute Gasteiger partial charge is 0.207 e. The molecule has 0 aliphatic heterocycles. The molecule has 0 amide bonds. The topological polar surface area (TPSA) is 58.9 Å². The number of phenolic OH excluding ortho intramolecular Hbond substituents is 2. The van der Waals surface area contributed by atoms with Gasteiger partial charge in [0.05, 0.1) is 14.2 Å². The van der Waals surface area contributed by atoms with Crippen molar-refractivity contribution in [1.29, 1.82) is 0 Å². The Bertz CT molecular complexity index is 857. The Morgan fingerprint density at radius 1 is 0.750 bits per heavy atom. The minimum absolute atomic E-state index is 0.00729. The van der Waals surface area contributed by atoms with Gasteiger partial charge in [-0.15, -0.1) is 0 Å². The van der Waals surface area contributed by atoms with E-state index >= 15 is 0 Å². The van der Waals surface area contributed by atoms with Crippen molar-refractivity contribution in [3.8, 4) is 23.0 Å². The minimum atomic E-state index is 0.00729. The van der Waals surface area contributed by atoms with E-state index in [1.807, 2.05) is 0 Å². The molecular weight excluding hydrogens is 400 g/mol. The average Bonchev–Trinajstić information content (AvgIpc) is 2.76. The van der Waals surface area contributed by atoms with Gasteiger partial charge in [0.15, 0.2) is 11.5 Å². The third kappa shape index (κ3) is 8.49. The van der Waals surface area contributed by atoms with Crippen LogP contribution in [0.15, 0.2) is 47.1 Å². The van der Waals surface area contributed by atoms with Gasteiger partial charge in [0.25, 0.3) is 0 Å². The van der Waals surface area contributed by atoms with Crippen molar-refractivity contribution in [3.05, 3.63) is 58.2 Å². The molecule has 0 heterocycles. The van der Waals surface area contributed by atoms with Crippen LogP contribution in [0.5, 0.6) is 23.0 Å². The summed E-state index contributed by atoms with van der Waals surface area (Å²) >= 11 is 0. The van der Waals surface area contributed by atoms with Gasteiger partial charge in [0.2, 0.25) is 11.5 Å². The monoisotopic (exact) mass is 442 g/mol. The fourth-order valence-electron chi connectivity index (χ4n) is 3.62. The summed E-state index contributed by atoms with van der Waals surface area (Å²) in [5, 5.41) is 21.0. The molecule has 0 saturated heterocycles. The van der Waals surface area contributed by atoms with Gasteiger partial charge in [-0.25, -0.2) is 0 Å². The summed E-state index contributed by atoms with van der Waals surface area (Å²) in [6.45, 7) is 10.4. The highest BCUT2D eigenvalue weighted by molar-refractivity contribution is 5.66. The van der Waals surface area contributed by atoms with Crippen LogP contribution in [0.1, 0.15) is 77.3 Å². The molecule has 1 aromatic rings. The highest BCUT2D eigenvalue weighted by Crippen LogP contribution is 2.48. The second kappa shape index (κ2) is 14.4. The largest absolute Gasteiger partial charge is 0.504 e. The summed E-state index contributed by atoms with van der Waals surface area (Å²) in [7, 11) is 2.89. The van der Waals surface area contributed by atoms with E-state index in [2.05, 4.69) is 58.1 Å². The van der Waals surface area contributed by atoms with E-state index in [-0.39, 0.29) is 23.0 Å². The quantitative estimate of drug-likeness (QED) is 0.242. The summed E-state index contributed by atoms with van der Waals surface area (Å²) in [5.41, 5.74) is 5.40. The number of methoxy groups -OCH3 is 2. The zero-order valence-electron chi connectivity index (χ0n) is 21.0. The van der Waals surface area contributed by atoms with Gasteiger partial charge in [0, 0.05) is 11.1 Å². The lowest BCUT2D eigenvalue weighted by Gasteiger charge is -2.17. The van der Waals surface area contributed by atoms with Crippen molar-refractivity contribution in [2.45, 2.75) is 79.6 Å². The Kier molecular flexibility index (Phi) is 12.4. The Labute approximate surface area is 195 Å². The number of hydrogen-bond acceptors (Lipinski definition) is 4. The van der Waals surface area contributed by atoms with Gasteiger partial charge < -0.3 is 19.7 Å². The average molecular weight is 443 g/mol. The lowest BCUT2D eigenvalue weighted by Crippen LogP contribution is -1.98. The molecule has 1 aromatic carbocycles. The van der Waals surface area contributed by atoms with Crippen LogP contribution in [0, 0.1) is 6.92 Å². The number of ether oxygens (including phenoxy) is 2. The molecule has 4 heteroatoms. The molecule has 0 spiro atoms. The minimum Gasteiger partial charge on any atom is -0.504 e. The third-order valence-corrected chi connectivity index (χ3v) is 5.80. The van der Waals surface area contributed by atoms with E-state index in [1.165, 1.54) is 30.9 Å². The maximum Gasteiger partial charge on any atom is 0.207 e. The molecule has 2 N–H and O–H groups in total. The van der Waals surface area contributed by atoms with E-state index < -0.39 is 0 Å². The van der Waals surface area contributed by atoms with E-state index in [1.54, 1.807) is 6.92 Å². The highest BCUT2D eigenvalue weighted by Gasteiger charge is 2.22. The number of benzene rings is 1. The lowest BCUT2D eigenvalue weighted by atomic mass is 9.99. The first-order valence-corrected chi connectivity index (χ1v) is 11.5. The zero-order valence-corrected chi connectivity index (χ0v) is 21.0. The maximum absolute atomic E-state index is 10.6. The van der Waals surface area contributed by atoms with Gasteiger partial charge in [-0.3, -0.25) is 0 Å². The van der Waals surface area contributed by atoms with E-state index in [9.17, 15) is 10.2 Å². The number of phenols is 2. The fraction of sp³-hybridized carbons (Fsp3) is 0.500. The highest BCUT2D eigenvalue weighted by atomic mass is 16.5.